The fourth-order valence-electron chi connectivity index (χ4n) is 2.94. The van der Waals surface area contributed by atoms with Crippen molar-refractivity contribution in [3.8, 4) is 0 Å². The van der Waals surface area contributed by atoms with Gasteiger partial charge in [0.25, 0.3) is 5.91 Å². The molecule has 2 N–H and O–H groups in total. The lowest BCUT2D eigenvalue weighted by Crippen LogP contribution is -2.29. The summed E-state index contributed by atoms with van der Waals surface area (Å²) in [5.41, 5.74) is 7.46. The quantitative estimate of drug-likeness (QED) is 0.921. The molecule has 0 bridgehead atoms. The predicted octanol–water partition coefficient (Wildman–Crippen LogP) is 2.35. The number of hydrogen-bond donors (Lipinski definition) is 1. The van der Waals surface area contributed by atoms with Gasteiger partial charge in [0, 0.05) is 24.9 Å². The topological polar surface area (TPSA) is 59.2 Å². The van der Waals surface area contributed by atoms with E-state index in [0.717, 1.165) is 37.4 Å². The maximum Gasteiger partial charge on any atom is 0.273 e. The molecule has 1 saturated heterocycles. The number of carbonyl (C=O) groups is 1. The van der Waals surface area contributed by atoms with Crippen molar-refractivity contribution >= 4 is 17.2 Å². The fraction of sp³-hybridized carbons (Fsp3) is 0.412. The van der Waals surface area contributed by atoms with Crippen LogP contribution in [0.5, 0.6) is 0 Å². The first kappa shape index (κ1) is 15.2. The third kappa shape index (κ3) is 3.54. The van der Waals surface area contributed by atoms with Crippen molar-refractivity contribution in [2.45, 2.75) is 19.3 Å². The van der Waals surface area contributed by atoms with E-state index >= 15 is 0 Å². The lowest BCUT2D eigenvalue weighted by atomic mass is 9.99. The molecule has 5 heteroatoms. The SMILES string of the molecule is NCCc1nc(C(=O)N2CCC(Cc3ccccc3)C2)cs1. The smallest absolute Gasteiger partial charge is 0.273 e. The zero-order chi connectivity index (χ0) is 15.4. The van der Waals surface area contributed by atoms with Crippen molar-refractivity contribution in [2.75, 3.05) is 19.6 Å². The molecule has 116 valence electrons. The molecule has 2 aromatic rings. The summed E-state index contributed by atoms with van der Waals surface area (Å²) in [4.78, 5) is 18.8. The Kier molecular flexibility index (Phi) is 4.85. The highest BCUT2D eigenvalue weighted by molar-refractivity contribution is 7.09. The fourth-order valence-corrected chi connectivity index (χ4v) is 3.73. The van der Waals surface area contributed by atoms with Gasteiger partial charge in [0.2, 0.25) is 0 Å². The Labute approximate surface area is 135 Å². The van der Waals surface area contributed by atoms with E-state index in [9.17, 15) is 4.79 Å². The second-order valence-electron chi connectivity index (χ2n) is 5.76. The van der Waals surface area contributed by atoms with Crippen LogP contribution in [0.25, 0.3) is 0 Å². The van der Waals surface area contributed by atoms with E-state index in [0.29, 0.717) is 18.2 Å². The molecule has 1 aromatic carbocycles. The van der Waals surface area contributed by atoms with Gasteiger partial charge in [0.05, 0.1) is 5.01 Å². The summed E-state index contributed by atoms with van der Waals surface area (Å²) in [5, 5.41) is 2.81. The number of nitrogens with two attached hydrogens (primary N) is 1. The van der Waals surface area contributed by atoms with E-state index in [1.54, 1.807) is 0 Å². The summed E-state index contributed by atoms with van der Waals surface area (Å²) in [6, 6.07) is 10.5. The number of carbonyl (C=O) groups excluding carboxylic acids is 1. The van der Waals surface area contributed by atoms with Gasteiger partial charge in [-0.25, -0.2) is 4.98 Å². The van der Waals surface area contributed by atoms with Gasteiger partial charge >= 0.3 is 0 Å². The van der Waals surface area contributed by atoms with Crippen LogP contribution in [0, 0.1) is 5.92 Å². The second kappa shape index (κ2) is 7.03. The summed E-state index contributed by atoms with van der Waals surface area (Å²) < 4.78 is 0. The maximum atomic E-state index is 12.5. The molecule has 22 heavy (non-hydrogen) atoms. The molecule has 1 amide bonds. The highest BCUT2D eigenvalue weighted by Crippen LogP contribution is 2.23. The van der Waals surface area contributed by atoms with Crippen LogP contribution in [0.1, 0.15) is 27.5 Å². The number of amides is 1. The molecule has 1 aliphatic heterocycles. The number of benzene rings is 1. The van der Waals surface area contributed by atoms with E-state index in [-0.39, 0.29) is 5.91 Å². The molecular formula is C17H21N3OS. The molecule has 2 heterocycles. The van der Waals surface area contributed by atoms with Crippen molar-refractivity contribution in [1.82, 2.24) is 9.88 Å². The molecule has 0 spiro atoms. The van der Waals surface area contributed by atoms with Gasteiger partial charge in [-0.1, -0.05) is 30.3 Å². The van der Waals surface area contributed by atoms with Crippen LogP contribution in [0.15, 0.2) is 35.7 Å². The Hall–Kier alpha value is -1.72. The first-order valence-electron chi connectivity index (χ1n) is 7.74. The summed E-state index contributed by atoms with van der Waals surface area (Å²) in [7, 11) is 0. The lowest BCUT2D eigenvalue weighted by Gasteiger charge is -2.15. The van der Waals surface area contributed by atoms with Crippen LogP contribution < -0.4 is 5.73 Å². The van der Waals surface area contributed by atoms with Crippen molar-refractivity contribution in [3.05, 3.63) is 52.0 Å². The van der Waals surface area contributed by atoms with Crippen molar-refractivity contribution in [3.63, 3.8) is 0 Å². The molecule has 1 fully saturated rings. The van der Waals surface area contributed by atoms with Crippen molar-refractivity contribution < 1.29 is 4.79 Å². The van der Waals surface area contributed by atoms with E-state index in [1.165, 1.54) is 16.9 Å². The zero-order valence-electron chi connectivity index (χ0n) is 12.6. The summed E-state index contributed by atoms with van der Waals surface area (Å²) in [5.74, 6) is 0.614. The molecule has 0 radical (unpaired) electrons. The van der Waals surface area contributed by atoms with Gasteiger partial charge < -0.3 is 10.6 Å². The van der Waals surface area contributed by atoms with Crippen molar-refractivity contribution in [1.29, 1.82) is 0 Å². The highest BCUT2D eigenvalue weighted by atomic mass is 32.1. The average Bonchev–Trinajstić information content (AvgIpc) is 3.18. The largest absolute Gasteiger partial charge is 0.337 e. The highest BCUT2D eigenvalue weighted by Gasteiger charge is 2.28. The van der Waals surface area contributed by atoms with E-state index in [4.69, 9.17) is 5.73 Å². The van der Waals surface area contributed by atoms with Crippen LogP contribution in [0.3, 0.4) is 0 Å². The van der Waals surface area contributed by atoms with Crippen LogP contribution in [-0.2, 0) is 12.8 Å². The Balaban J connectivity index is 1.58. The molecular weight excluding hydrogens is 294 g/mol. The average molecular weight is 315 g/mol. The Bertz CT molecular complexity index is 626. The molecule has 1 aromatic heterocycles. The third-order valence-electron chi connectivity index (χ3n) is 4.07. The first-order valence-corrected chi connectivity index (χ1v) is 8.62. The Morgan fingerprint density at radius 3 is 2.95 bits per heavy atom. The Morgan fingerprint density at radius 2 is 2.18 bits per heavy atom. The molecule has 1 aliphatic rings. The maximum absolute atomic E-state index is 12.5. The summed E-state index contributed by atoms with van der Waals surface area (Å²) >= 11 is 1.53. The lowest BCUT2D eigenvalue weighted by molar-refractivity contribution is 0.0782. The molecule has 1 atom stereocenters. The number of hydrogen-bond acceptors (Lipinski definition) is 4. The first-order chi connectivity index (χ1) is 10.8. The predicted molar refractivity (Wildman–Crippen MR) is 89.0 cm³/mol. The molecule has 3 rings (SSSR count). The van der Waals surface area contributed by atoms with Crippen LogP contribution >= 0.6 is 11.3 Å². The minimum absolute atomic E-state index is 0.0649. The minimum atomic E-state index is 0.0649. The van der Waals surface area contributed by atoms with Gasteiger partial charge in [0.15, 0.2) is 0 Å². The number of nitrogens with zero attached hydrogens (tertiary/aromatic N) is 2. The second-order valence-corrected chi connectivity index (χ2v) is 6.70. The normalized spacial score (nSPS) is 17.9. The van der Waals surface area contributed by atoms with E-state index in [1.807, 2.05) is 16.3 Å². The van der Waals surface area contributed by atoms with Crippen molar-refractivity contribution in [2.24, 2.45) is 11.7 Å². The summed E-state index contributed by atoms with van der Waals surface area (Å²) in [6.45, 7) is 2.24. The van der Waals surface area contributed by atoms with Gasteiger partial charge in [-0.15, -0.1) is 11.3 Å². The molecule has 4 nitrogen and oxygen atoms in total. The number of aromatic nitrogens is 1. The number of thiazole rings is 1. The van der Waals surface area contributed by atoms with Crippen LogP contribution in [0.2, 0.25) is 0 Å². The van der Waals surface area contributed by atoms with Gasteiger partial charge in [-0.2, -0.15) is 0 Å². The van der Waals surface area contributed by atoms with E-state index in [2.05, 4.69) is 29.2 Å². The minimum Gasteiger partial charge on any atom is -0.337 e. The van der Waals surface area contributed by atoms with Crippen LogP contribution in [-0.4, -0.2) is 35.4 Å². The molecule has 0 aliphatic carbocycles. The third-order valence-corrected chi connectivity index (χ3v) is 4.98. The van der Waals surface area contributed by atoms with Gasteiger partial charge in [0.1, 0.15) is 5.69 Å². The van der Waals surface area contributed by atoms with E-state index < -0.39 is 0 Å². The molecule has 1 unspecified atom stereocenters. The zero-order valence-corrected chi connectivity index (χ0v) is 13.4. The summed E-state index contributed by atoms with van der Waals surface area (Å²) in [6.07, 6.45) is 2.86. The molecule has 0 saturated carbocycles. The number of rotatable bonds is 5. The van der Waals surface area contributed by atoms with Crippen LogP contribution in [0.4, 0.5) is 0 Å². The van der Waals surface area contributed by atoms with Gasteiger partial charge in [-0.3, -0.25) is 4.79 Å². The standard InChI is InChI=1S/C17H21N3OS/c18-8-6-16-19-15(12-22-16)17(21)20-9-7-14(11-20)10-13-4-2-1-3-5-13/h1-5,12,14H,6-11,18H2. The number of likely N-dealkylation sites (tertiary alicyclic amines) is 1. The monoisotopic (exact) mass is 315 g/mol. The Morgan fingerprint density at radius 1 is 1.36 bits per heavy atom. The van der Waals surface area contributed by atoms with Gasteiger partial charge in [-0.05, 0) is 30.9 Å².